The van der Waals surface area contributed by atoms with Gasteiger partial charge in [0.25, 0.3) is 0 Å². The van der Waals surface area contributed by atoms with Crippen LogP contribution >= 0.6 is 0 Å². The number of carbonyl (C=O) groups excluding carboxylic acids is 2. The fourth-order valence-electron chi connectivity index (χ4n) is 3.94. The number of nitrogens with one attached hydrogen (secondary N) is 1. The van der Waals surface area contributed by atoms with Crippen molar-refractivity contribution in [2.75, 3.05) is 26.7 Å². The zero-order chi connectivity index (χ0) is 17.8. The van der Waals surface area contributed by atoms with E-state index in [1.807, 2.05) is 24.1 Å². The molecule has 5 nitrogen and oxygen atoms in total. The van der Waals surface area contributed by atoms with E-state index in [4.69, 9.17) is 0 Å². The highest BCUT2D eigenvalue weighted by atomic mass is 16.2. The van der Waals surface area contributed by atoms with Gasteiger partial charge in [0.05, 0.1) is 0 Å². The number of piperidine rings is 1. The van der Waals surface area contributed by atoms with Crippen LogP contribution in [0.4, 0.5) is 0 Å². The van der Waals surface area contributed by atoms with Crippen LogP contribution in [0.2, 0.25) is 0 Å². The van der Waals surface area contributed by atoms with Crippen molar-refractivity contribution in [2.24, 2.45) is 5.92 Å². The van der Waals surface area contributed by atoms with Gasteiger partial charge in [-0.25, -0.2) is 0 Å². The first-order valence-corrected chi connectivity index (χ1v) is 9.37. The molecule has 136 valence electrons. The van der Waals surface area contributed by atoms with Crippen molar-refractivity contribution in [3.05, 3.63) is 35.4 Å². The average Bonchev–Trinajstić information content (AvgIpc) is 2.98. The van der Waals surface area contributed by atoms with E-state index >= 15 is 0 Å². The maximum absolute atomic E-state index is 13.0. The number of carbonyl (C=O) groups is 2. The van der Waals surface area contributed by atoms with E-state index in [0.29, 0.717) is 25.3 Å². The van der Waals surface area contributed by atoms with Gasteiger partial charge in [-0.1, -0.05) is 29.8 Å². The predicted molar refractivity (Wildman–Crippen MR) is 98.0 cm³/mol. The van der Waals surface area contributed by atoms with E-state index in [0.717, 1.165) is 38.0 Å². The first-order chi connectivity index (χ1) is 12.1. The lowest BCUT2D eigenvalue weighted by molar-refractivity contribution is -0.142. The molecule has 1 N–H and O–H groups in total. The van der Waals surface area contributed by atoms with Crippen LogP contribution < -0.4 is 5.32 Å². The topological polar surface area (TPSA) is 52.7 Å². The summed E-state index contributed by atoms with van der Waals surface area (Å²) >= 11 is 0. The van der Waals surface area contributed by atoms with Gasteiger partial charge in [-0.05, 0) is 51.3 Å². The molecule has 3 rings (SSSR count). The molecule has 0 saturated carbocycles. The maximum atomic E-state index is 13.0. The molecule has 0 aromatic heterocycles. The maximum Gasteiger partial charge on any atom is 0.245 e. The molecule has 0 aliphatic carbocycles. The van der Waals surface area contributed by atoms with Gasteiger partial charge in [-0.15, -0.1) is 0 Å². The number of amides is 2. The summed E-state index contributed by atoms with van der Waals surface area (Å²) in [5, 5.41) is 3.22. The van der Waals surface area contributed by atoms with Crippen LogP contribution in [-0.4, -0.2) is 54.3 Å². The Hall–Kier alpha value is -1.88. The van der Waals surface area contributed by atoms with E-state index in [-0.39, 0.29) is 17.9 Å². The normalized spacial score (nSPS) is 21.8. The highest BCUT2D eigenvalue weighted by molar-refractivity contribution is 5.91. The molecule has 2 fully saturated rings. The number of rotatable bonds is 5. The number of hydrogen-bond acceptors (Lipinski definition) is 3. The first kappa shape index (κ1) is 17.9. The van der Waals surface area contributed by atoms with Crippen molar-refractivity contribution in [1.82, 2.24) is 15.1 Å². The first-order valence-electron chi connectivity index (χ1n) is 9.37. The third kappa shape index (κ3) is 4.21. The van der Waals surface area contributed by atoms with Crippen LogP contribution in [0.15, 0.2) is 24.3 Å². The lowest BCUT2D eigenvalue weighted by Gasteiger charge is -2.35. The Morgan fingerprint density at radius 2 is 1.84 bits per heavy atom. The molecule has 2 amide bonds. The minimum absolute atomic E-state index is 0.101. The van der Waals surface area contributed by atoms with Gasteiger partial charge in [-0.3, -0.25) is 9.59 Å². The monoisotopic (exact) mass is 343 g/mol. The van der Waals surface area contributed by atoms with Gasteiger partial charge < -0.3 is 15.1 Å². The largest absolute Gasteiger partial charge is 0.341 e. The predicted octanol–water partition coefficient (Wildman–Crippen LogP) is 1.94. The zero-order valence-electron chi connectivity index (χ0n) is 15.3. The van der Waals surface area contributed by atoms with E-state index < -0.39 is 0 Å². The number of benzene rings is 1. The highest BCUT2D eigenvalue weighted by Gasteiger charge is 2.38. The van der Waals surface area contributed by atoms with Crippen molar-refractivity contribution < 1.29 is 9.59 Å². The van der Waals surface area contributed by atoms with Crippen molar-refractivity contribution >= 4 is 11.8 Å². The van der Waals surface area contributed by atoms with Crippen LogP contribution in [0.25, 0.3) is 0 Å². The van der Waals surface area contributed by atoms with Crippen molar-refractivity contribution in [3.8, 4) is 0 Å². The molecule has 0 spiro atoms. The molecule has 2 saturated heterocycles. The number of aryl methyl sites for hydroxylation is 1. The van der Waals surface area contributed by atoms with E-state index in [9.17, 15) is 9.59 Å². The summed E-state index contributed by atoms with van der Waals surface area (Å²) in [6, 6.07) is 7.92. The zero-order valence-corrected chi connectivity index (χ0v) is 15.3. The Kier molecular flexibility index (Phi) is 5.74. The molecule has 25 heavy (non-hydrogen) atoms. The molecule has 0 bridgehead atoms. The molecule has 2 aliphatic rings. The van der Waals surface area contributed by atoms with Gasteiger partial charge in [-0.2, -0.15) is 0 Å². The molecule has 2 heterocycles. The Balaban J connectivity index is 1.63. The molecular formula is C20H29N3O2. The highest BCUT2D eigenvalue weighted by Crippen LogP contribution is 2.25. The molecule has 2 aliphatic heterocycles. The van der Waals surface area contributed by atoms with Crippen molar-refractivity contribution in [2.45, 2.75) is 45.2 Å². The summed E-state index contributed by atoms with van der Waals surface area (Å²) in [4.78, 5) is 29.1. The van der Waals surface area contributed by atoms with Crippen molar-refractivity contribution in [3.63, 3.8) is 0 Å². The molecular weight excluding hydrogens is 314 g/mol. The number of hydrogen-bond donors (Lipinski definition) is 1. The smallest absolute Gasteiger partial charge is 0.245 e. The second kappa shape index (κ2) is 8.00. The Morgan fingerprint density at radius 1 is 1.16 bits per heavy atom. The lowest BCUT2D eigenvalue weighted by Crippen LogP contribution is -2.49. The molecule has 1 unspecified atom stereocenters. The fraction of sp³-hybridized carbons (Fsp3) is 0.600. The third-order valence-electron chi connectivity index (χ3n) is 5.51. The van der Waals surface area contributed by atoms with Crippen LogP contribution in [0.1, 0.15) is 36.8 Å². The standard InChI is InChI=1S/C20H29N3O2/c1-15-3-5-17(6-4-15)14-23-18(7-8-19(23)24)20(25)22-11-9-16(10-12-22)13-21-2/h3-6,16,18,21H,7-14H2,1-2H3. The SMILES string of the molecule is CNCC1CCN(C(=O)C2CCC(=O)N2Cc2ccc(C)cc2)CC1. The Labute approximate surface area is 150 Å². The van der Waals surface area contributed by atoms with E-state index in [2.05, 4.69) is 24.4 Å². The summed E-state index contributed by atoms with van der Waals surface area (Å²) in [5.74, 6) is 0.896. The minimum Gasteiger partial charge on any atom is -0.341 e. The van der Waals surface area contributed by atoms with Gasteiger partial charge in [0.2, 0.25) is 11.8 Å². The van der Waals surface area contributed by atoms with Gasteiger partial charge in [0.1, 0.15) is 6.04 Å². The molecule has 1 aromatic carbocycles. The van der Waals surface area contributed by atoms with Crippen molar-refractivity contribution in [1.29, 1.82) is 0 Å². The van der Waals surface area contributed by atoms with Gasteiger partial charge in [0.15, 0.2) is 0 Å². The number of nitrogens with zero attached hydrogens (tertiary/aromatic N) is 2. The average molecular weight is 343 g/mol. The quantitative estimate of drug-likeness (QED) is 0.889. The fourth-order valence-corrected chi connectivity index (χ4v) is 3.94. The van der Waals surface area contributed by atoms with Gasteiger partial charge >= 0.3 is 0 Å². The van der Waals surface area contributed by atoms with Crippen LogP contribution in [-0.2, 0) is 16.1 Å². The Morgan fingerprint density at radius 3 is 2.48 bits per heavy atom. The van der Waals surface area contributed by atoms with E-state index in [1.165, 1.54) is 5.56 Å². The van der Waals surface area contributed by atoms with Crippen LogP contribution in [0.3, 0.4) is 0 Å². The lowest BCUT2D eigenvalue weighted by atomic mass is 9.96. The second-order valence-electron chi connectivity index (χ2n) is 7.39. The molecule has 1 atom stereocenters. The summed E-state index contributed by atoms with van der Waals surface area (Å²) in [6.07, 6.45) is 3.23. The summed E-state index contributed by atoms with van der Waals surface area (Å²) in [6.45, 7) is 5.23. The molecule has 1 aromatic rings. The van der Waals surface area contributed by atoms with Crippen LogP contribution in [0, 0.1) is 12.8 Å². The second-order valence-corrected chi connectivity index (χ2v) is 7.39. The summed E-state index contributed by atoms with van der Waals surface area (Å²) in [7, 11) is 1.98. The number of likely N-dealkylation sites (tertiary alicyclic amines) is 2. The minimum atomic E-state index is -0.283. The third-order valence-corrected chi connectivity index (χ3v) is 5.51. The van der Waals surface area contributed by atoms with Crippen LogP contribution in [0.5, 0.6) is 0 Å². The molecule has 0 radical (unpaired) electrons. The van der Waals surface area contributed by atoms with Gasteiger partial charge in [0, 0.05) is 26.1 Å². The Bertz CT molecular complexity index is 606. The molecule has 5 heteroatoms. The van der Waals surface area contributed by atoms with E-state index in [1.54, 1.807) is 4.90 Å². The summed E-state index contributed by atoms with van der Waals surface area (Å²) in [5.41, 5.74) is 2.29. The summed E-state index contributed by atoms with van der Waals surface area (Å²) < 4.78 is 0.